The summed E-state index contributed by atoms with van der Waals surface area (Å²) in [6, 6.07) is -1.13. The van der Waals surface area contributed by atoms with E-state index in [1.807, 2.05) is 0 Å². The Kier molecular flexibility index (Phi) is 5.57. The van der Waals surface area contributed by atoms with Crippen LogP contribution in [0.2, 0.25) is 0 Å². The molecule has 2 aromatic heterocycles. The van der Waals surface area contributed by atoms with Crippen LogP contribution in [-0.2, 0) is 14.3 Å². The lowest BCUT2D eigenvalue weighted by Gasteiger charge is -2.23. The molecule has 154 valence electrons. The SMILES string of the molecule is CC(OC[C@H]1N[C@@H](c2c[nH]c3c(N)ncnc23)[C@H](O)[C@@H]1O)OC(=O)C(C)(C)C. The number of aromatic nitrogens is 3. The van der Waals surface area contributed by atoms with Crippen molar-refractivity contribution in [3.05, 3.63) is 18.1 Å². The number of H-pyrrole nitrogens is 1. The van der Waals surface area contributed by atoms with Gasteiger partial charge in [-0.15, -0.1) is 0 Å². The molecule has 0 aromatic carbocycles. The minimum absolute atomic E-state index is 0.0484. The van der Waals surface area contributed by atoms with Gasteiger partial charge in [0.1, 0.15) is 17.9 Å². The zero-order valence-electron chi connectivity index (χ0n) is 16.3. The number of hydrogen-bond donors (Lipinski definition) is 5. The van der Waals surface area contributed by atoms with Gasteiger partial charge in [0.15, 0.2) is 12.1 Å². The maximum atomic E-state index is 11.9. The van der Waals surface area contributed by atoms with Crippen LogP contribution in [0.1, 0.15) is 39.3 Å². The Morgan fingerprint density at radius 2 is 2.04 bits per heavy atom. The number of carbonyl (C=O) groups is 1. The summed E-state index contributed by atoms with van der Waals surface area (Å²) in [6.07, 6.45) is 0.104. The molecule has 5 atom stereocenters. The summed E-state index contributed by atoms with van der Waals surface area (Å²) < 4.78 is 10.8. The number of carbonyl (C=O) groups excluding carboxylic acids is 1. The number of anilines is 1. The van der Waals surface area contributed by atoms with Gasteiger partial charge in [0.2, 0.25) is 0 Å². The van der Waals surface area contributed by atoms with E-state index in [1.54, 1.807) is 33.9 Å². The molecule has 1 unspecified atom stereocenters. The zero-order chi connectivity index (χ0) is 20.6. The van der Waals surface area contributed by atoms with E-state index in [-0.39, 0.29) is 12.6 Å². The molecule has 1 aliphatic heterocycles. The van der Waals surface area contributed by atoms with Crippen LogP contribution in [0.5, 0.6) is 0 Å². The molecule has 1 saturated heterocycles. The van der Waals surface area contributed by atoms with Gasteiger partial charge in [-0.25, -0.2) is 9.97 Å². The number of nitrogens with one attached hydrogen (secondary N) is 2. The summed E-state index contributed by atoms with van der Waals surface area (Å²) >= 11 is 0. The maximum absolute atomic E-state index is 11.9. The van der Waals surface area contributed by atoms with Crippen molar-refractivity contribution in [1.82, 2.24) is 20.3 Å². The quantitative estimate of drug-likeness (QED) is 0.354. The minimum Gasteiger partial charge on any atom is -0.436 e. The average molecular weight is 393 g/mol. The molecule has 6 N–H and O–H groups in total. The Bertz CT molecular complexity index is 848. The normalized spacial score (nSPS) is 26.5. The summed E-state index contributed by atoms with van der Waals surface area (Å²) in [5.41, 5.74) is 7.02. The summed E-state index contributed by atoms with van der Waals surface area (Å²) in [4.78, 5) is 23.1. The van der Waals surface area contributed by atoms with Crippen molar-refractivity contribution >= 4 is 22.8 Å². The van der Waals surface area contributed by atoms with Crippen molar-refractivity contribution in [2.24, 2.45) is 5.41 Å². The molecular formula is C18H27N5O5. The highest BCUT2D eigenvalue weighted by Gasteiger charge is 2.43. The Labute approximate surface area is 162 Å². The number of fused-ring (bicyclic) bond motifs is 1. The fourth-order valence-corrected chi connectivity index (χ4v) is 3.10. The molecule has 10 nitrogen and oxygen atoms in total. The van der Waals surface area contributed by atoms with Gasteiger partial charge in [-0.05, 0) is 27.7 Å². The van der Waals surface area contributed by atoms with Crippen LogP contribution in [0.25, 0.3) is 11.0 Å². The first-order chi connectivity index (χ1) is 13.1. The van der Waals surface area contributed by atoms with Gasteiger partial charge in [0.25, 0.3) is 0 Å². The topological polar surface area (TPSA) is 156 Å². The second kappa shape index (κ2) is 7.63. The highest BCUT2D eigenvalue weighted by atomic mass is 16.7. The van der Waals surface area contributed by atoms with Gasteiger partial charge in [0, 0.05) is 11.8 Å². The highest BCUT2D eigenvalue weighted by molar-refractivity contribution is 5.87. The third-order valence-corrected chi connectivity index (χ3v) is 4.75. The second-order valence-electron chi connectivity index (χ2n) is 8.01. The average Bonchev–Trinajstić information content (AvgIpc) is 3.16. The van der Waals surface area contributed by atoms with E-state index in [9.17, 15) is 15.0 Å². The molecule has 10 heteroatoms. The first kappa shape index (κ1) is 20.5. The van der Waals surface area contributed by atoms with E-state index in [2.05, 4.69) is 20.3 Å². The van der Waals surface area contributed by atoms with Crippen LogP contribution in [0.3, 0.4) is 0 Å². The number of nitrogens with two attached hydrogens (primary N) is 1. The van der Waals surface area contributed by atoms with Crippen LogP contribution in [-0.4, -0.2) is 62.3 Å². The summed E-state index contributed by atoms with van der Waals surface area (Å²) in [7, 11) is 0. The molecule has 1 fully saturated rings. The third-order valence-electron chi connectivity index (χ3n) is 4.75. The Morgan fingerprint density at radius 3 is 2.71 bits per heavy atom. The van der Waals surface area contributed by atoms with Crippen molar-refractivity contribution in [1.29, 1.82) is 0 Å². The van der Waals surface area contributed by atoms with Crippen LogP contribution in [0.15, 0.2) is 12.5 Å². The first-order valence-electron chi connectivity index (χ1n) is 9.12. The Balaban J connectivity index is 1.66. The van der Waals surface area contributed by atoms with Crippen molar-refractivity contribution in [3.63, 3.8) is 0 Å². The van der Waals surface area contributed by atoms with E-state index >= 15 is 0 Å². The molecule has 0 amide bonds. The lowest BCUT2D eigenvalue weighted by Crippen LogP contribution is -2.39. The summed E-state index contributed by atoms with van der Waals surface area (Å²) in [5.74, 6) is -0.0763. The van der Waals surface area contributed by atoms with Crippen molar-refractivity contribution in [2.75, 3.05) is 12.3 Å². The number of nitrogens with zero attached hydrogens (tertiary/aromatic N) is 2. The number of aromatic amines is 1. The molecule has 0 spiro atoms. The Morgan fingerprint density at radius 1 is 1.32 bits per heavy atom. The van der Waals surface area contributed by atoms with E-state index < -0.39 is 36.0 Å². The number of hydrogen-bond acceptors (Lipinski definition) is 9. The summed E-state index contributed by atoms with van der Waals surface area (Å²) in [5, 5.41) is 24.1. The molecule has 0 radical (unpaired) electrons. The standard InChI is InChI=1S/C18H27N5O5/c1-8(28-17(26)18(2,3)4)27-6-10-14(24)15(25)12(23-10)9-5-20-13-11(9)21-7-22-16(13)19/h5,7-8,10,12,14-15,20,23-25H,6H2,1-4H3,(H2,19,21,22)/t8?,10-,12+,14-,15+/m1/s1. The lowest BCUT2D eigenvalue weighted by molar-refractivity contribution is -0.185. The van der Waals surface area contributed by atoms with E-state index in [4.69, 9.17) is 15.2 Å². The predicted molar refractivity (Wildman–Crippen MR) is 101 cm³/mol. The molecule has 0 bridgehead atoms. The number of esters is 1. The molecule has 0 aliphatic carbocycles. The van der Waals surface area contributed by atoms with E-state index in [0.29, 0.717) is 22.4 Å². The molecule has 28 heavy (non-hydrogen) atoms. The maximum Gasteiger partial charge on any atom is 0.313 e. The van der Waals surface area contributed by atoms with E-state index in [1.165, 1.54) is 6.33 Å². The zero-order valence-corrected chi connectivity index (χ0v) is 16.3. The molecule has 0 saturated carbocycles. The van der Waals surface area contributed by atoms with Crippen LogP contribution < -0.4 is 11.1 Å². The largest absolute Gasteiger partial charge is 0.436 e. The fourth-order valence-electron chi connectivity index (χ4n) is 3.10. The highest BCUT2D eigenvalue weighted by Crippen LogP contribution is 2.32. The monoisotopic (exact) mass is 393 g/mol. The lowest BCUT2D eigenvalue weighted by atomic mass is 9.97. The molecule has 1 aliphatic rings. The van der Waals surface area contributed by atoms with Crippen LogP contribution in [0.4, 0.5) is 5.82 Å². The van der Waals surface area contributed by atoms with Gasteiger partial charge in [-0.2, -0.15) is 0 Å². The van der Waals surface area contributed by atoms with Crippen molar-refractivity contribution < 1.29 is 24.5 Å². The Hall–Kier alpha value is -2.27. The van der Waals surface area contributed by atoms with Crippen molar-refractivity contribution in [3.8, 4) is 0 Å². The van der Waals surface area contributed by atoms with Crippen LogP contribution in [0, 0.1) is 5.41 Å². The number of ether oxygens (including phenoxy) is 2. The first-order valence-corrected chi connectivity index (χ1v) is 9.12. The molecule has 3 rings (SSSR count). The molecular weight excluding hydrogens is 366 g/mol. The van der Waals surface area contributed by atoms with Gasteiger partial charge >= 0.3 is 5.97 Å². The summed E-state index contributed by atoms with van der Waals surface area (Å²) in [6.45, 7) is 6.92. The van der Waals surface area contributed by atoms with Gasteiger partial charge in [0.05, 0.1) is 35.7 Å². The van der Waals surface area contributed by atoms with Crippen LogP contribution >= 0.6 is 0 Å². The third kappa shape index (κ3) is 3.95. The molecule has 2 aromatic rings. The smallest absolute Gasteiger partial charge is 0.313 e. The number of aliphatic hydroxyl groups is 2. The minimum atomic E-state index is -1.07. The second-order valence-corrected chi connectivity index (χ2v) is 8.01. The van der Waals surface area contributed by atoms with Gasteiger partial charge < -0.3 is 35.7 Å². The number of rotatable bonds is 5. The fraction of sp³-hybridized carbons (Fsp3) is 0.611. The molecule has 3 heterocycles. The predicted octanol–water partition coefficient (Wildman–Crippen LogP) is 0.227. The van der Waals surface area contributed by atoms with Gasteiger partial charge in [-0.1, -0.05) is 0 Å². The number of nitrogen functional groups attached to an aromatic ring is 1. The van der Waals surface area contributed by atoms with Crippen molar-refractivity contribution in [2.45, 2.75) is 58.3 Å². The van der Waals surface area contributed by atoms with E-state index in [0.717, 1.165) is 0 Å². The number of aliphatic hydroxyl groups excluding tert-OH is 2. The van der Waals surface area contributed by atoms with Gasteiger partial charge in [-0.3, -0.25) is 4.79 Å².